The van der Waals surface area contributed by atoms with E-state index in [0.717, 1.165) is 43.5 Å². The fraction of sp³-hybridized carbons (Fsp3) is 0.591. The Labute approximate surface area is 164 Å². The van der Waals surface area contributed by atoms with E-state index < -0.39 is 0 Å². The molecular formula is C22H35N3O2. The first kappa shape index (κ1) is 21.3. The number of aliphatic imine (C=N–C) groups is 1. The van der Waals surface area contributed by atoms with Crippen molar-refractivity contribution in [1.29, 1.82) is 0 Å². The lowest BCUT2D eigenvalue weighted by atomic mass is 9.83. The molecule has 0 saturated heterocycles. The number of rotatable bonds is 11. The van der Waals surface area contributed by atoms with Gasteiger partial charge in [-0.25, -0.2) is 0 Å². The average molecular weight is 374 g/mol. The molecule has 1 aromatic carbocycles. The van der Waals surface area contributed by atoms with Gasteiger partial charge in [0.2, 0.25) is 0 Å². The van der Waals surface area contributed by atoms with Crippen molar-refractivity contribution in [2.24, 2.45) is 10.4 Å². The summed E-state index contributed by atoms with van der Waals surface area (Å²) >= 11 is 0. The molecule has 5 nitrogen and oxygen atoms in total. The van der Waals surface area contributed by atoms with Gasteiger partial charge in [-0.05, 0) is 37.7 Å². The number of nitrogens with one attached hydrogen (secondary N) is 2. The van der Waals surface area contributed by atoms with E-state index in [1.807, 2.05) is 25.2 Å². The first-order valence-electron chi connectivity index (χ1n) is 10.1. The van der Waals surface area contributed by atoms with Crippen LogP contribution in [0, 0.1) is 5.41 Å². The Morgan fingerprint density at radius 1 is 1.26 bits per heavy atom. The molecule has 5 heteroatoms. The van der Waals surface area contributed by atoms with Crippen LogP contribution in [0.2, 0.25) is 0 Å². The SMILES string of the molecule is C=CCOc1ccccc1CNC(=NC)NCC1(CCOCC)CCCC1. The highest BCUT2D eigenvalue weighted by Crippen LogP contribution is 2.40. The molecule has 0 aromatic heterocycles. The highest BCUT2D eigenvalue weighted by molar-refractivity contribution is 5.79. The molecule has 1 aliphatic rings. The summed E-state index contributed by atoms with van der Waals surface area (Å²) in [5, 5.41) is 6.95. The third-order valence-corrected chi connectivity index (χ3v) is 5.28. The maximum atomic E-state index is 5.73. The van der Waals surface area contributed by atoms with E-state index in [1.54, 1.807) is 6.08 Å². The minimum Gasteiger partial charge on any atom is -0.489 e. The van der Waals surface area contributed by atoms with Crippen molar-refractivity contribution in [3.05, 3.63) is 42.5 Å². The van der Waals surface area contributed by atoms with Crippen molar-refractivity contribution in [1.82, 2.24) is 10.6 Å². The Morgan fingerprint density at radius 2 is 2.04 bits per heavy atom. The van der Waals surface area contributed by atoms with Gasteiger partial charge in [-0.1, -0.05) is 43.7 Å². The summed E-state index contributed by atoms with van der Waals surface area (Å²) in [6, 6.07) is 8.06. The Bertz CT molecular complexity index is 595. The number of para-hydroxylation sites is 1. The number of hydrogen-bond donors (Lipinski definition) is 2. The minimum absolute atomic E-state index is 0.331. The number of nitrogens with zero attached hydrogens (tertiary/aromatic N) is 1. The average Bonchev–Trinajstić information content (AvgIpc) is 3.16. The van der Waals surface area contributed by atoms with Gasteiger partial charge in [-0.2, -0.15) is 0 Å². The maximum absolute atomic E-state index is 5.73. The van der Waals surface area contributed by atoms with Crippen LogP contribution < -0.4 is 15.4 Å². The zero-order chi connectivity index (χ0) is 19.4. The topological polar surface area (TPSA) is 54.9 Å². The highest BCUT2D eigenvalue weighted by atomic mass is 16.5. The first-order valence-corrected chi connectivity index (χ1v) is 10.1. The Morgan fingerprint density at radius 3 is 2.74 bits per heavy atom. The quantitative estimate of drug-likeness (QED) is 0.267. The summed E-state index contributed by atoms with van der Waals surface area (Å²) in [6.07, 6.45) is 8.03. The van der Waals surface area contributed by atoms with Gasteiger partial charge in [0, 0.05) is 38.9 Å². The van der Waals surface area contributed by atoms with E-state index in [9.17, 15) is 0 Å². The molecule has 0 atom stereocenters. The monoisotopic (exact) mass is 373 g/mol. The lowest BCUT2D eigenvalue weighted by Crippen LogP contribution is -2.43. The molecule has 0 radical (unpaired) electrons. The zero-order valence-corrected chi connectivity index (χ0v) is 16.9. The number of hydrogen-bond acceptors (Lipinski definition) is 3. The van der Waals surface area contributed by atoms with Crippen LogP contribution in [0.1, 0.15) is 44.6 Å². The summed E-state index contributed by atoms with van der Waals surface area (Å²) in [5.74, 6) is 1.71. The Hall–Kier alpha value is -2.01. The zero-order valence-electron chi connectivity index (χ0n) is 16.9. The molecule has 0 spiro atoms. The molecule has 1 saturated carbocycles. The van der Waals surface area contributed by atoms with E-state index in [0.29, 0.717) is 18.6 Å². The molecule has 1 aromatic rings. The van der Waals surface area contributed by atoms with E-state index >= 15 is 0 Å². The van der Waals surface area contributed by atoms with Crippen LogP contribution in [0.3, 0.4) is 0 Å². The lowest BCUT2D eigenvalue weighted by Gasteiger charge is -2.30. The summed E-state index contributed by atoms with van der Waals surface area (Å²) in [4.78, 5) is 4.39. The molecule has 0 bridgehead atoms. The van der Waals surface area contributed by atoms with Crippen LogP contribution in [-0.4, -0.2) is 39.4 Å². The predicted octanol–water partition coefficient (Wildman–Crippen LogP) is 3.90. The molecule has 0 aliphatic heterocycles. The van der Waals surface area contributed by atoms with Crippen molar-refractivity contribution in [2.45, 2.75) is 45.6 Å². The van der Waals surface area contributed by atoms with Crippen molar-refractivity contribution in [2.75, 3.05) is 33.4 Å². The Kier molecular flexibility index (Phi) is 9.19. The molecule has 27 heavy (non-hydrogen) atoms. The van der Waals surface area contributed by atoms with Gasteiger partial charge < -0.3 is 20.1 Å². The van der Waals surface area contributed by atoms with Gasteiger partial charge in [-0.15, -0.1) is 0 Å². The molecule has 1 fully saturated rings. The van der Waals surface area contributed by atoms with Gasteiger partial charge in [0.25, 0.3) is 0 Å². The fourth-order valence-corrected chi connectivity index (χ4v) is 3.68. The largest absolute Gasteiger partial charge is 0.489 e. The van der Waals surface area contributed by atoms with Crippen molar-refractivity contribution >= 4 is 5.96 Å². The number of ether oxygens (including phenoxy) is 2. The second kappa shape index (κ2) is 11.7. The predicted molar refractivity (Wildman–Crippen MR) is 112 cm³/mol. The summed E-state index contributed by atoms with van der Waals surface area (Å²) < 4.78 is 11.3. The first-order chi connectivity index (χ1) is 13.2. The normalized spacial score (nSPS) is 16.1. The van der Waals surface area contributed by atoms with Crippen LogP contribution in [0.25, 0.3) is 0 Å². The molecular weight excluding hydrogens is 338 g/mol. The smallest absolute Gasteiger partial charge is 0.191 e. The van der Waals surface area contributed by atoms with Gasteiger partial charge in [-0.3, -0.25) is 4.99 Å². The van der Waals surface area contributed by atoms with Crippen molar-refractivity contribution in [3.8, 4) is 5.75 Å². The van der Waals surface area contributed by atoms with Gasteiger partial charge in [0.05, 0.1) is 0 Å². The lowest BCUT2D eigenvalue weighted by molar-refractivity contribution is 0.105. The fourth-order valence-electron chi connectivity index (χ4n) is 3.68. The molecule has 0 unspecified atom stereocenters. The van der Waals surface area contributed by atoms with Crippen LogP contribution in [-0.2, 0) is 11.3 Å². The number of guanidine groups is 1. The molecule has 0 heterocycles. The summed E-state index contributed by atoms with van der Waals surface area (Å²) in [6.45, 7) is 9.51. The second-order valence-corrected chi connectivity index (χ2v) is 7.14. The molecule has 2 rings (SSSR count). The van der Waals surface area contributed by atoms with Crippen LogP contribution in [0.5, 0.6) is 5.75 Å². The second-order valence-electron chi connectivity index (χ2n) is 7.14. The van der Waals surface area contributed by atoms with E-state index in [2.05, 4.69) is 35.2 Å². The van der Waals surface area contributed by atoms with Crippen molar-refractivity contribution in [3.63, 3.8) is 0 Å². The van der Waals surface area contributed by atoms with Crippen LogP contribution in [0.4, 0.5) is 0 Å². The third kappa shape index (κ3) is 6.90. The molecule has 2 N–H and O–H groups in total. The summed E-state index contributed by atoms with van der Waals surface area (Å²) in [7, 11) is 1.82. The van der Waals surface area contributed by atoms with E-state index in [4.69, 9.17) is 9.47 Å². The molecule has 150 valence electrons. The Balaban J connectivity index is 1.87. The summed E-state index contributed by atoms with van der Waals surface area (Å²) in [5.41, 5.74) is 1.44. The van der Waals surface area contributed by atoms with Crippen LogP contribution in [0.15, 0.2) is 41.9 Å². The van der Waals surface area contributed by atoms with E-state index in [1.165, 1.54) is 25.7 Å². The molecule has 1 aliphatic carbocycles. The van der Waals surface area contributed by atoms with Crippen molar-refractivity contribution < 1.29 is 9.47 Å². The van der Waals surface area contributed by atoms with Gasteiger partial charge in [0.15, 0.2) is 5.96 Å². The van der Waals surface area contributed by atoms with Gasteiger partial charge >= 0.3 is 0 Å². The van der Waals surface area contributed by atoms with Gasteiger partial charge in [0.1, 0.15) is 12.4 Å². The maximum Gasteiger partial charge on any atom is 0.191 e. The number of benzene rings is 1. The highest BCUT2D eigenvalue weighted by Gasteiger charge is 2.33. The van der Waals surface area contributed by atoms with Crippen LogP contribution >= 0.6 is 0 Å². The van der Waals surface area contributed by atoms with E-state index in [-0.39, 0.29) is 0 Å². The molecule has 0 amide bonds. The standard InChI is InChI=1S/C22H35N3O2/c1-4-15-27-20-11-7-6-10-19(20)17-24-21(23-3)25-18-22(12-8-9-13-22)14-16-26-5-2/h4,6-7,10-11H,1,5,8-9,12-18H2,2-3H3,(H2,23,24,25). The third-order valence-electron chi connectivity index (χ3n) is 5.28. The minimum atomic E-state index is 0.331.